The van der Waals surface area contributed by atoms with Crippen LogP contribution < -0.4 is 0 Å². The lowest BCUT2D eigenvalue weighted by Crippen LogP contribution is -2.24. The van der Waals surface area contributed by atoms with Crippen molar-refractivity contribution in [2.24, 2.45) is 0 Å². The number of phenolic OH excluding ortho intramolecular Hbond substituents is 1. The summed E-state index contributed by atoms with van der Waals surface area (Å²) in [6.45, 7) is 1.50. The van der Waals surface area contributed by atoms with Gasteiger partial charge >= 0.3 is 5.97 Å². The number of halogens is 1. The molecule has 0 radical (unpaired) electrons. The fraction of sp³-hybridized carbons (Fsp3) is 0.125. The monoisotopic (exact) mass is 348 g/mol. The van der Waals surface area contributed by atoms with Crippen LogP contribution in [0.4, 0.5) is 0 Å². The Hall–Kier alpha value is -2.14. The van der Waals surface area contributed by atoms with Gasteiger partial charge in [-0.3, -0.25) is 4.79 Å². The first-order valence-corrected chi connectivity index (χ1v) is 7.07. The maximum absolute atomic E-state index is 12.2. The molecule has 0 saturated carbocycles. The lowest BCUT2D eigenvalue weighted by atomic mass is 10.1. The number of benzene rings is 2. The van der Waals surface area contributed by atoms with E-state index in [2.05, 4.69) is 15.9 Å². The van der Waals surface area contributed by atoms with E-state index in [1.807, 2.05) is 0 Å². The van der Waals surface area contributed by atoms with Gasteiger partial charge in [0.05, 0.1) is 0 Å². The molecule has 0 fully saturated rings. The molecule has 0 amide bonds. The van der Waals surface area contributed by atoms with Gasteiger partial charge in [0.2, 0.25) is 5.78 Å². The Bertz CT molecular complexity index is 664. The van der Waals surface area contributed by atoms with Crippen LogP contribution >= 0.6 is 15.9 Å². The molecule has 1 unspecified atom stereocenters. The molecular formula is C16H13BrO4. The molecule has 0 spiro atoms. The van der Waals surface area contributed by atoms with Crippen LogP contribution in [0, 0.1) is 0 Å². The lowest BCUT2D eigenvalue weighted by Gasteiger charge is -2.13. The summed E-state index contributed by atoms with van der Waals surface area (Å²) in [6.07, 6.45) is -0.932. The molecule has 2 aromatic rings. The van der Waals surface area contributed by atoms with E-state index in [4.69, 9.17) is 4.74 Å². The minimum Gasteiger partial charge on any atom is -0.507 e. The SMILES string of the molecule is CC(OC(=O)c1ccccc1O)C(=O)c1ccc(Br)cc1. The maximum Gasteiger partial charge on any atom is 0.342 e. The zero-order valence-corrected chi connectivity index (χ0v) is 12.8. The van der Waals surface area contributed by atoms with Crippen LogP contribution in [0.3, 0.4) is 0 Å². The van der Waals surface area contributed by atoms with Crippen molar-refractivity contribution in [3.8, 4) is 5.75 Å². The van der Waals surface area contributed by atoms with Gasteiger partial charge < -0.3 is 9.84 Å². The molecule has 1 atom stereocenters. The second-order valence-corrected chi connectivity index (χ2v) is 5.35. The number of para-hydroxylation sites is 1. The number of carbonyl (C=O) groups is 2. The largest absolute Gasteiger partial charge is 0.507 e. The van der Waals surface area contributed by atoms with Crippen molar-refractivity contribution in [2.75, 3.05) is 0 Å². The molecule has 4 nitrogen and oxygen atoms in total. The van der Waals surface area contributed by atoms with Gasteiger partial charge in [0.1, 0.15) is 11.3 Å². The highest BCUT2D eigenvalue weighted by Crippen LogP contribution is 2.18. The molecule has 108 valence electrons. The fourth-order valence-corrected chi connectivity index (χ4v) is 2.04. The minimum atomic E-state index is -0.932. The van der Waals surface area contributed by atoms with E-state index in [-0.39, 0.29) is 17.1 Å². The van der Waals surface area contributed by atoms with Gasteiger partial charge in [0, 0.05) is 10.0 Å². The number of ether oxygens (including phenoxy) is 1. The molecule has 0 aliphatic heterocycles. The molecule has 2 aromatic carbocycles. The Morgan fingerprint density at radius 2 is 1.71 bits per heavy atom. The van der Waals surface area contributed by atoms with Crippen molar-refractivity contribution >= 4 is 27.7 Å². The average Bonchev–Trinajstić information content (AvgIpc) is 2.47. The van der Waals surface area contributed by atoms with Gasteiger partial charge in [0.15, 0.2) is 6.10 Å². The van der Waals surface area contributed by atoms with Gasteiger partial charge in [-0.2, -0.15) is 0 Å². The first-order chi connectivity index (χ1) is 9.99. The Morgan fingerprint density at radius 1 is 1.10 bits per heavy atom. The third-order valence-corrected chi connectivity index (χ3v) is 3.43. The number of Topliss-reactive ketones (excluding diaryl/α,β-unsaturated/α-hetero) is 1. The quantitative estimate of drug-likeness (QED) is 0.677. The summed E-state index contributed by atoms with van der Waals surface area (Å²) in [5.41, 5.74) is 0.490. The highest BCUT2D eigenvalue weighted by Gasteiger charge is 2.21. The summed E-state index contributed by atoms with van der Waals surface area (Å²) < 4.78 is 5.96. The van der Waals surface area contributed by atoms with Gasteiger partial charge in [0.25, 0.3) is 0 Å². The molecule has 2 rings (SSSR count). The first kappa shape index (κ1) is 15.3. The van der Waals surface area contributed by atoms with E-state index in [0.717, 1.165) is 4.47 Å². The number of aromatic hydroxyl groups is 1. The molecule has 0 aliphatic carbocycles. The van der Waals surface area contributed by atoms with Crippen molar-refractivity contribution in [2.45, 2.75) is 13.0 Å². The van der Waals surface area contributed by atoms with Crippen LogP contribution in [-0.4, -0.2) is 23.0 Å². The van der Waals surface area contributed by atoms with Crippen molar-refractivity contribution in [3.63, 3.8) is 0 Å². The third-order valence-electron chi connectivity index (χ3n) is 2.91. The van der Waals surface area contributed by atoms with Gasteiger partial charge in [-0.15, -0.1) is 0 Å². The molecule has 0 heterocycles. The van der Waals surface area contributed by atoms with E-state index >= 15 is 0 Å². The van der Waals surface area contributed by atoms with Crippen molar-refractivity contribution in [1.29, 1.82) is 0 Å². The number of hydrogen-bond acceptors (Lipinski definition) is 4. The zero-order chi connectivity index (χ0) is 15.4. The van der Waals surface area contributed by atoms with Crippen LogP contribution in [-0.2, 0) is 4.74 Å². The van der Waals surface area contributed by atoms with Crippen LogP contribution in [0.2, 0.25) is 0 Å². The predicted molar refractivity (Wildman–Crippen MR) is 81.5 cm³/mol. The average molecular weight is 349 g/mol. The number of esters is 1. The molecule has 0 bridgehead atoms. The van der Waals surface area contributed by atoms with E-state index in [0.29, 0.717) is 5.56 Å². The summed E-state index contributed by atoms with van der Waals surface area (Å²) in [5, 5.41) is 9.59. The van der Waals surface area contributed by atoms with E-state index in [1.54, 1.807) is 36.4 Å². The highest BCUT2D eigenvalue weighted by molar-refractivity contribution is 9.10. The Kier molecular flexibility index (Phi) is 4.75. The molecule has 21 heavy (non-hydrogen) atoms. The number of rotatable bonds is 4. The van der Waals surface area contributed by atoms with Crippen LogP contribution in [0.5, 0.6) is 5.75 Å². The van der Waals surface area contributed by atoms with Gasteiger partial charge in [-0.25, -0.2) is 4.79 Å². The Labute approximate surface area is 130 Å². The normalized spacial score (nSPS) is 11.7. The Balaban J connectivity index is 2.09. The topological polar surface area (TPSA) is 63.6 Å². The van der Waals surface area contributed by atoms with Crippen LogP contribution in [0.15, 0.2) is 53.0 Å². The predicted octanol–water partition coefficient (Wildman–Crippen LogP) is 3.58. The van der Waals surface area contributed by atoms with Gasteiger partial charge in [-0.1, -0.05) is 40.2 Å². The number of carbonyl (C=O) groups excluding carboxylic acids is 2. The summed E-state index contributed by atoms with van der Waals surface area (Å²) in [4.78, 5) is 24.1. The summed E-state index contributed by atoms with van der Waals surface area (Å²) in [7, 11) is 0. The summed E-state index contributed by atoms with van der Waals surface area (Å²) in [6, 6.07) is 12.8. The molecule has 0 aliphatic rings. The standard InChI is InChI=1S/C16H13BrO4/c1-10(15(19)11-6-8-12(17)9-7-11)21-16(20)13-4-2-3-5-14(13)18/h2-10,18H,1H3. The van der Waals surface area contributed by atoms with Crippen molar-refractivity contribution in [1.82, 2.24) is 0 Å². The summed E-state index contributed by atoms with van der Waals surface area (Å²) >= 11 is 3.29. The second kappa shape index (κ2) is 6.54. The number of hydrogen-bond donors (Lipinski definition) is 1. The van der Waals surface area contributed by atoms with E-state index in [1.165, 1.54) is 19.1 Å². The van der Waals surface area contributed by atoms with E-state index in [9.17, 15) is 14.7 Å². The molecule has 5 heteroatoms. The maximum atomic E-state index is 12.2. The second-order valence-electron chi connectivity index (χ2n) is 4.44. The molecule has 0 aromatic heterocycles. The Morgan fingerprint density at radius 3 is 2.33 bits per heavy atom. The van der Waals surface area contributed by atoms with Crippen LogP contribution in [0.1, 0.15) is 27.6 Å². The van der Waals surface area contributed by atoms with Crippen LogP contribution in [0.25, 0.3) is 0 Å². The molecular weight excluding hydrogens is 336 g/mol. The fourth-order valence-electron chi connectivity index (χ4n) is 1.77. The minimum absolute atomic E-state index is 0.0351. The number of phenols is 1. The smallest absolute Gasteiger partial charge is 0.342 e. The van der Waals surface area contributed by atoms with Crippen molar-refractivity contribution < 1.29 is 19.4 Å². The molecule has 0 saturated heterocycles. The first-order valence-electron chi connectivity index (χ1n) is 6.28. The van der Waals surface area contributed by atoms with E-state index < -0.39 is 12.1 Å². The lowest BCUT2D eigenvalue weighted by molar-refractivity contribution is 0.0316. The van der Waals surface area contributed by atoms with Gasteiger partial charge in [-0.05, 0) is 31.2 Å². The highest BCUT2D eigenvalue weighted by atomic mass is 79.9. The summed E-state index contributed by atoms with van der Waals surface area (Å²) in [5.74, 6) is -1.21. The number of ketones is 1. The van der Waals surface area contributed by atoms with Crippen molar-refractivity contribution in [3.05, 3.63) is 64.1 Å². The molecule has 1 N–H and O–H groups in total. The third kappa shape index (κ3) is 3.70. The zero-order valence-electron chi connectivity index (χ0n) is 11.2.